The number of amides is 1. The molecule has 0 aliphatic carbocycles. The third kappa shape index (κ3) is 5.90. The van der Waals surface area contributed by atoms with Crippen molar-refractivity contribution in [3.63, 3.8) is 0 Å². The van der Waals surface area contributed by atoms with Gasteiger partial charge in [-0.2, -0.15) is 0 Å². The average molecular weight is 568 g/mol. The monoisotopic (exact) mass is 567 g/mol. The van der Waals surface area contributed by atoms with Crippen molar-refractivity contribution < 1.29 is 22.6 Å². The highest BCUT2D eigenvalue weighted by molar-refractivity contribution is 7.93. The molecule has 0 spiro atoms. The van der Waals surface area contributed by atoms with Crippen LogP contribution in [0.2, 0.25) is 5.02 Å². The Morgan fingerprint density at radius 1 is 1.11 bits per heavy atom. The van der Waals surface area contributed by atoms with Crippen molar-refractivity contribution in [2.75, 3.05) is 42.9 Å². The van der Waals surface area contributed by atoms with Gasteiger partial charge in [-0.15, -0.1) is 11.3 Å². The number of nitrogens with zero attached hydrogens (tertiary/aromatic N) is 4. The van der Waals surface area contributed by atoms with E-state index in [9.17, 15) is 13.2 Å². The van der Waals surface area contributed by atoms with E-state index < -0.39 is 10.0 Å². The molecule has 2 N–H and O–H groups in total. The van der Waals surface area contributed by atoms with Crippen LogP contribution in [0.5, 0.6) is 0 Å². The summed E-state index contributed by atoms with van der Waals surface area (Å²) >= 11 is 7.39. The molecule has 1 atom stereocenters. The third-order valence-corrected chi connectivity index (χ3v) is 8.63. The number of piperazine rings is 1. The second-order valence-corrected chi connectivity index (χ2v) is 11.4. The Labute approximate surface area is 229 Å². The number of aromatic nitrogens is 2. The summed E-state index contributed by atoms with van der Waals surface area (Å²) in [6.45, 7) is 4.43. The van der Waals surface area contributed by atoms with Crippen LogP contribution in [0.15, 0.2) is 71.2 Å². The van der Waals surface area contributed by atoms with E-state index in [0.29, 0.717) is 36.3 Å². The van der Waals surface area contributed by atoms with E-state index in [2.05, 4.69) is 14.6 Å². The van der Waals surface area contributed by atoms with E-state index in [1.54, 1.807) is 35.8 Å². The van der Waals surface area contributed by atoms with E-state index in [4.69, 9.17) is 16.7 Å². The number of hydrogen-bond acceptors (Lipinski definition) is 7. The van der Waals surface area contributed by atoms with Gasteiger partial charge in [0.25, 0.3) is 10.0 Å². The second-order valence-electron chi connectivity index (χ2n) is 8.35. The highest BCUT2D eigenvalue weighted by atomic mass is 35.5. The zero-order valence-electron chi connectivity index (χ0n) is 20.4. The van der Waals surface area contributed by atoms with Crippen molar-refractivity contribution in [2.24, 2.45) is 0 Å². The van der Waals surface area contributed by atoms with E-state index in [1.807, 2.05) is 46.9 Å². The molecule has 2 aromatic carbocycles. The summed E-state index contributed by atoms with van der Waals surface area (Å²) in [5.74, 6) is 0.0665. The summed E-state index contributed by atoms with van der Waals surface area (Å²) in [6.07, 6.45) is 3.48. The molecule has 1 aliphatic rings. The van der Waals surface area contributed by atoms with Crippen molar-refractivity contribution in [2.45, 2.75) is 17.9 Å². The molecule has 0 bridgehead atoms. The van der Waals surface area contributed by atoms with Crippen LogP contribution in [0.25, 0.3) is 10.9 Å². The molecule has 12 heteroatoms. The Bertz CT molecular complexity index is 1460. The lowest BCUT2D eigenvalue weighted by molar-refractivity contribution is -0.134. The van der Waals surface area contributed by atoms with Gasteiger partial charge in [-0.1, -0.05) is 17.7 Å². The molecule has 5 rings (SSSR count). The number of rotatable bonds is 6. The lowest BCUT2D eigenvalue weighted by atomic mass is 10.2. The molecular weight excluding hydrogens is 534 g/mol. The number of aliphatic hydroxyl groups excluding tert-OH is 1. The minimum atomic E-state index is -3.68. The number of sulfonamides is 1. The molecule has 37 heavy (non-hydrogen) atoms. The first-order chi connectivity index (χ1) is 17.8. The van der Waals surface area contributed by atoms with E-state index in [-0.39, 0.29) is 21.1 Å². The molecule has 202 valence electrons. The standard InChI is InChI=1S/C24H24ClN5O3S2.CH4O.3H2/c1-17(30-10-8-18-2-3-19(25)16-22(18)30)23(31)29-13-11-28(12-14-29)20-4-6-21(7-5-20)35(32,33)27-24-26-9-15-34-24;1-2;;;/h2-10,15-17H,11-14H2,1H3,(H,26,27);2H,1H3;3*1H/t17-;;;;/m0..../s1. The molecule has 0 radical (unpaired) electrons. The minimum Gasteiger partial charge on any atom is -0.400 e. The predicted octanol–water partition coefficient (Wildman–Crippen LogP) is 4.81. The van der Waals surface area contributed by atoms with Gasteiger partial charge in [0.15, 0.2) is 5.13 Å². The summed E-state index contributed by atoms with van der Waals surface area (Å²) in [5.41, 5.74) is 1.86. The summed E-state index contributed by atoms with van der Waals surface area (Å²) in [7, 11) is -2.68. The Balaban J connectivity index is 0.00000157. The number of hydrogen-bond donors (Lipinski definition) is 2. The van der Waals surface area contributed by atoms with Gasteiger partial charge in [-0.3, -0.25) is 9.52 Å². The SMILES string of the molecule is CO.C[C@@H](C(=O)N1CCN(c2ccc(S(=O)(=O)Nc3nccs3)cc2)CC1)n1ccc2ccc(Cl)cc21.[HH].[HH].[HH]. The molecule has 3 heterocycles. The fourth-order valence-corrected chi connectivity index (χ4v) is 6.27. The summed E-state index contributed by atoms with van der Waals surface area (Å²) in [5, 5.41) is 10.7. The van der Waals surface area contributed by atoms with Crippen LogP contribution in [-0.2, 0) is 14.8 Å². The largest absolute Gasteiger partial charge is 0.400 e. The quantitative estimate of drug-likeness (QED) is 0.346. The van der Waals surface area contributed by atoms with Gasteiger partial charge in [-0.25, -0.2) is 13.4 Å². The molecule has 0 saturated carbocycles. The van der Waals surface area contributed by atoms with Crippen LogP contribution < -0.4 is 9.62 Å². The molecule has 9 nitrogen and oxygen atoms in total. The number of thiazole rings is 1. The van der Waals surface area contributed by atoms with Gasteiger partial charge < -0.3 is 19.5 Å². The molecule has 1 aliphatic heterocycles. The normalized spacial score (nSPS) is 14.7. The van der Waals surface area contributed by atoms with Gasteiger partial charge in [0.2, 0.25) is 5.91 Å². The molecule has 1 saturated heterocycles. The number of halogens is 1. The number of aliphatic hydroxyl groups is 1. The van der Waals surface area contributed by atoms with Crippen molar-refractivity contribution in [3.05, 3.63) is 71.3 Å². The van der Waals surface area contributed by atoms with Gasteiger partial charge in [0.1, 0.15) is 6.04 Å². The first-order valence-corrected chi connectivity index (χ1v) is 14.3. The maximum Gasteiger partial charge on any atom is 0.263 e. The van der Waals surface area contributed by atoms with Crippen LogP contribution in [0.3, 0.4) is 0 Å². The lowest BCUT2D eigenvalue weighted by Gasteiger charge is -2.37. The minimum absolute atomic E-state index is 0. The van der Waals surface area contributed by atoms with Gasteiger partial charge in [0, 0.05) is 66.1 Å². The summed E-state index contributed by atoms with van der Waals surface area (Å²) in [4.78, 5) is 21.4. The Morgan fingerprint density at radius 3 is 2.46 bits per heavy atom. The molecular formula is C25H34ClN5O4S2. The molecule has 0 unspecified atom stereocenters. The Morgan fingerprint density at radius 2 is 1.81 bits per heavy atom. The second kappa shape index (κ2) is 11.5. The van der Waals surface area contributed by atoms with Gasteiger partial charge in [-0.05, 0) is 54.8 Å². The van der Waals surface area contributed by atoms with Crippen molar-refractivity contribution >= 4 is 60.6 Å². The summed E-state index contributed by atoms with van der Waals surface area (Å²) in [6, 6.07) is 14.1. The maximum atomic E-state index is 13.2. The first kappa shape index (κ1) is 26.9. The van der Waals surface area contributed by atoms with Crippen LogP contribution in [0.4, 0.5) is 10.8 Å². The fraction of sp³-hybridized carbons (Fsp3) is 0.280. The zero-order valence-corrected chi connectivity index (χ0v) is 22.8. The zero-order chi connectivity index (χ0) is 26.6. The Kier molecular flexibility index (Phi) is 8.38. The average Bonchev–Trinajstić information content (AvgIpc) is 3.58. The predicted molar refractivity (Wildman–Crippen MR) is 154 cm³/mol. The number of benzene rings is 2. The lowest BCUT2D eigenvalue weighted by Crippen LogP contribution is -2.50. The number of fused-ring (bicyclic) bond motifs is 1. The Hall–Kier alpha value is -3.12. The van der Waals surface area contributed by atoms with Gasteiger partial charge >= 0.3 is 0 Å². The van der Waals surface area contributed by atoms with Crippen LogP contribution >= 0.6 is 22.9 Å². The van der Waals surface area contributed by atoms with Gasteiger partial charge in [0.05, 0.1) is 10.4 Å². The van der Waals surface area contributed by atoms with Crippen molar-refractivity contribution in [3.8, 4) is 0 Å². The number of nitrogens with one attached hydrogen (secondary N) is 1. The first-order valence-electron chi connectivity index (χ1n) is 11.6. The number of carbonyl (C=O) groups excluding carboxylic acids is 1. The summed E-state index contributed by atoms with van der Waals surface area (Å²) < 4.78 is 29.6. The van der Waals surface area contributed by atoms with E-state index in [1.165, 1.54) is 11.3 Å². The van der Waals surface area contributed by atoms with Crippen LogP contribution in [0, 0.1) is 0 Å². The fourth-order valence-electron chi connectivity index (χ4n) is 4.31. The van der Waals surface area contributed by atoms with E-state index in [0.717, 1.165) is 23.7 Å². The smallest absolute Gasteiger partial charge is 0.263 e. The molecule has 4 aromatic rings. The highest BCUT2D eigenvalue weighted by Gasteiger charge is 2.27. The van der Waals surface area contributed by atoms with Crippen LogP contribution in [-0.4, -0.2) is 67.2 Å². The highest BCUT2D eigenvalue weighted by Crippen LogP contribution is 2.26. The van der Waals surface area contributed by atoms with Crippen molar-refractivity contribution in [1.82, 2.24) is 14.5 Å². The van der Waals surface area contributed by atoms with E-state index >= 15 is 0 Å². The third-order valence-electron chi connectivity index (χ3n) is 6.22. The molecule has 1 amide bonds. The van der Waals surface area contributed by atoms with Crippen LogP contribution in [0.1, 0.15) is 17.2 Å². The topological polar surface area (TPSA) is 108 Å². The number of anilines is 2. The maximum absolute atomic E-state index is 13.2. The molecule has 1 fully saturated rings. The molecule has 2 aromatic heterocycles. The number of carbonyl (C=O) groups is 1. The van der Waals surface area contributed by atoms with Crippen molar-refractivity contribution in [1.29, 1.82) is 0 Å².